The number of hydrogen-bond acceptors (Lipinski definition) is 4. The van der Waals surface area contributed by atoms with Crippen LogP contribution in [0.25, 0.3) is 0 Å². The second-order valence-electron chi connectivity index (χ2n) is 4.50. The summed E-state index contributed by atoms with van der Waals surface area (Å²) in [6.07, 6.45) is 2.80. The molecule has 0 bridgehead atoms. The van der Waals surface area contributed by atoms with Crippen LogP contribution in [0, 0.1) is 11.8 Å². The summed E-state index contributed by atoms with van der Waals surface area (Å²) < 4.78 is 14.8. The van der Waals surface area contributed by atoms with E-state index in [1.807, 2.05) is 24.3 Å². The summed E-state index contributed by atoms with van der Waals surface area (Å²) >= 11 is 0. The fourth-order valence-corrected chi connectivity index (χ4v) is 1.73. The summed E-state index contributed by atoms with van der Waals surface area (Å²) in [5, 5.41) is 0. The van der Waals surface area contributed by atoms with Gasteiger partial charge in [-0.2, -0.15) is 0 Å². The number of benzene rings is 1. The van der Waals surface area contributed by atoms with Crippen molar-refractivity contribution >= 4 is 6.16 Å². The lowest BCUT2D eigenvalue weighted by atomic mass is 10.1. The Bertz CT molecular complexity index is 482. The fraction of sp³-hybridized carbons (Fsp3) is 0.471. The predicted molar refractivity (Wildman–Crippen MR) is 81.1 cm³/mol. The van der Waals surface area contributed by atoms with Gasteiger partial charge >= 0.3 is 6.16 Å². The monoisotopic (exact) mass is 290 g/mol. The largest absolute Gasteiger partial charge is 0.509 e. The molecule has 0 aliphatic heterocycles. The zero-order chi connectivity index (χ0) is 15.5. The van der Waals surface area contributed by atoms with Gasteiger partial charge in [0, 0.05) is 12.0 Å². The van der Waals surface area contributed by atoms with E-state index in [1.54, 1.807) is 7.11 Å². The van der Waals surface area contributed by atoms with Gasteiger partial charge in [0.25, 0.3) is 0 Å². The Kier molecular flexibility index (Phi) is 7.81. The zero-order valence-electron chi connectivity index (χ0n) is 12.8. The topological polar surface area (TPSA) is 44.8 Å². The maximum absolute atomic E-state index is 11.3. The number of hydrogen-bond donors (Lipinski definition) is 0. The van der Waals surface area contributed by atoms with Gasteiger partial charge in [-0.1, -0.05) is 43.7 Å². The van der Waals surface area contributed by atoms with Crippen LogP contribution in [0.4, 0.5) is 4.79 Å². The van der Waals surface area contributed by atoms with Gasteiger partial charge in [0.05, 0.1) is 14.2 Å². The molecule has 0 aliphatic rings. The lowest BCUT2D eigenvalue weighted by Gasteiger charge is -2.12. The molecular formula is C17H22O4. The predicted octanol–water partition coefficient (Wildman–Crippen LogP) is 4.10. The zero-order valence-corrected chi connectivity index (χ0v) is 12.8. The molecule has 1 aromatic carbocycles. The number of ether oxygens (including phenoxy) is 3. The standard InChI is InChI=1S/C17H22O4/c1-4-5-6-7-8-9-16(21-17(18)20-3)14-10-12-15(19-2)13-11-14/h10-13,16H,4-7H2,1-3H3. The molecule has 0 aliphatic carbocycles. The van der Waals surface area contributed by atoms with Crippen LogP contribution < -0.4 is 4.74 Å². The van der Waals surface area contributed by atoms with Gasteiger partial charge in [0.1, 0.15) is 5.75 Å². The molecule has 0 amide bonds. The van der Waals surface area contributed by atoms with Gasteiger partial charge in [-0.05, 0) is 18.6 Å². The minimum absolute atomic E-state index is 0.620. The molecule has 0 saturated heterocycles. The van der Waals surface area contributed by atoms with Crippen molar-refractivity contribution in [3.8, 4) is 17.6 Å². The Hall–Kier alpha value is -2.15. The molecule has 4 heteroatoms. The highest BCUT2D eigenvalue weighted by Crippen LogP contribution is 2.20. The highest BCUT2D eigenvalue weighted by Gasteiger charge is 2.14. The number of carbonyl (C=O) groups is 1. The van der Waals surface area contributed by atoms with E-state index in [2.05, 4.69) is 23.5 Å². The van der Waals surface area contributed by atoms with Gasteiger partial charge < -0.3 is 14.2 Å². The van der Waals surface area contributed by atoms with E-state index in [1.165, 1.54) is 7.11 Å². The second kappa shape index (κ2) is 9.71. The number of carbonyl (C=O) groups excluding carboxylic acids is 1. The minimum Gasteiger partial charge on any atom is -0.497 e. The smallest absolute Gasteiger partial charge is 0.497 e. The maximum Gasteiger partial charge on any atom is 0.509 e. The Morgan fingerprint density at radius 3 is 2.48 bits per heavy atom. The summed E-state index contributed by atoms with van der Waals surface area (Å²) in [5.41, 5.74) is 0.796. The molecule has 4 nitrogen and oxygen atoms in total. The van der Waals surface area contributed by atoms with Crippen molar-refractivity contribution in [1.82, 2.24) is 0 Å². The fourth-order valence-electron chi connectivity index (χ4n) is 1.73. The van der Waals surface area contributed by atoms with E-state index in [4.69, 9.17) is 9.47 Å². The van der Waals surface area contributed by atoms with Crippen molar-refractivity contribution in [3.05, 3.63) is 29.8 Å². The first kappa shape index (κ1) is 16.9. The maximum atomic E-state index is 11.3. The molecule has 0 radical (unpaired) electrons. The van der Waals surface area contributed by atoms with Gasteiger partial charge in [-0.3, -0.25) is 0 Å². The van der Waals surface area contributed by atoms with E-state index < -0.39 is 12.3 Å². The average molecular weight is 290 g/mol. The van der Waals surface area contributed by atoms with Crippen LogP contribution >= 0.6 is 0 Å². The SMILES string of the molecule is CCCCCC#CC(OC(=O)OC)c1ccc(OC)cc1. The number of rotatable bonds is 6. The Morgan fingerprint density at radius 1 is 1.19 bits per heavy atom. The van der Waals surface area contributed by atoms with Crippen LogP contribution in [-0.2, 0) is 9.47 Å². The molecular weight excluding hydrogens is 268 g/mol. The van der Waals surface area contributed by atoms with Gasteiger partial charge in [-0.15, -0.1) is 0 Å². The third-order valence-electron chi connectivity index (χ3n) is 2.94. The Balaban J connectivity index is 2.77. The average Bonchev–Trinajstić information content (AvgIpc) is 2.53. The first-order chi connectivity index (χ1) is 10.2. The Morgan fingerprint density at radius 2 is 1.90 bits per heavy atom. The van der Waals surface area contributed by atoms with Crippen molar-refractivity contribution in [2.24, 2.45) is 0 Å². The highest BCUT2D eigenvalue weighted by molar-refractivity contribution is 5.60. The number of methoxy groups -OCH3 is 2. The highest BCUT2D eigenvalue weighted by atomic mass is 16.7. The molecule has 1 unspecified atom stereocenters. The van der Waals surface area contributed by atoms with Gasteiger partial charge in [-0.25, -0.2) is 4.79 Å². The first-order valence-electron chi connectivity index (χ1n) is 7.08. The molecule has 0 N–H and O–H groups in total. The molecule has 1 atom stereocenters. The molecule has 0 heterocycles. The molecule has 0 saturated carbocycles. The quantitative estimate of drug-likeness (QED) is 0.449. The summed E-state index contributed by atoms with van der Waals surface area (Å²) in [6.45, 7) is 2.15. The summed E-state index contributed by atoms with van der Waals surface area (Å²) in [6, 6.07) is 7.27. The molecule has 1 rings (SSSR count). The molecule has 114 valence electrons. The van der Waals surface area contributed by atoms with Crippen LogP contribution in [0.1, 0.15) is 44.3 Å². The van der Waals surface area contributed by atoms with Crippen LogP contribution in [0.5, 0.6) is 5.75 Å². The molecule has 0 spiro atoms. The van der Waals surface area contributed by atoms with Gasteiger partial charge in [0.2, 0.25) is 0 Å². The lowest BCUT2D eigenvalue weighted by molar-refractivity contribution is 0.0549. The minimum atomic E-state index is -0.737. The molecule has 1 aromatic rings. The van der Waals surface area contributed by atoms with Crippen molar-refractivity contribution < 1.29 is 19.0 Å². The van der Waals surface area contributed by atoms with Crippen molar-refractivity contribution in [2.75, 3.05) is 14.2 Å². The van der Waals surface area contributed by atoms with E-state index in [0.29, 0.717) is 0 Å². The van der Waals surface area contributed by atoms with E-state index in [0.717, 1.165) is 37.0 Å². The van der Waals surface area contributed by atoms with Crippen molar-refractivity contribution in [3.63, 3.8) is 0 Å². The summed E-state index contributed by atoms with van der Waals surface area (Å²) in [7, 11) is 2.88. The van der Waals surface area contributed by atoms with Crippen molar-refractivity contribution in [2.45, 2.75) is 38.7 Å². The van der Waals surface area contributed by atoms with E-state index in [9.17, 15) is 4.79 Å². The molecule has 0 fully saturated rings. The van der Waals surface area contributed by atoms with Gasteiger partial charge in [0.15, 0.2) is 6.10 Å². The van der Waals surface area contributed by atoms with E-state index in [-0.39, 0.29) is 0 Å². The third-order valence-corrected chi connectivity index (χ3v) is 2.94. The first-order valence-corrected chi connectivity index (χ1v) is 7.08. The number of unbranched alkanes of at least 4 members (excludes halogenated alkanes) is 3. The normalized spacial score (nSPS) is 11.0. The van der Waals surface area contributed by atoms with Crippen LogP contribution in [-0.4, -0.2) is 20.4 Å². The molecule has 0 aromatic heterocycles. The van der Waals surface area contributed by atoms with Crippen LogP contribution in [0.2, 0.25) is 0 Å². The summed E-state index contributed by atoms with van der Waals surface area (Å²) in [5.74, 6) is 6.79. The molecule has 21 heavy (non-hydrogen) atoms. The lowest BCUT2D eigenvalue weighted by Crippen LogP contribution is -2.10. The summed E-state index contributed by atoms with van der Waals surface area (Å²) in [4.78, 5) is 11.3. The van der Waals surface area contributed by atoms with Crippen LogP contribution in [0.15, 0.2) is 24.3 Å². The third kappa shape index (κ3) is 6.22. The van der Waals surface area contributed by atoms with Crippen LogP contribution in [0.3, 0.4) is 0 Å². The van der Waals surface area contributed by atoms with Crippen molar-refractivity contribution in [1.29, 1.82) is 0 Å². The second-order valence-corrected chi connectivity index (χ2v) is 4.50. The Labute approximate surface area is 126 Å². The van der Waals surface area contributed by atoms with E-state index >= 15 is 0 Å².